The Morgan fingerprint density at radius 2 is 1.91 bits per heavy atom. The van der Waals surface area contributed by atoms with Crippen LogP contribution in [0.15, 0.2) is 0 Å². The largest absolute Gasteiger partial charge is 0.377 e. The van der Waals surface area contributed by atoms with Gasteiger partial charge in [-0.1, -0.05) is 19.3 Å². The van der Waals surface area contributed by atoms with E-state index in [0.717, 1.165) is 25.7 Å². The lowest BCUT2D eigenvalue weighted by Crippen LogP contribution is -2.41. The van der Waals surface area contributed by atoms with Crippen molar-refractivity contribution in [2.24, 2.45) is 0 Å². The van der Waals surface area contributed by atoms with Crippen molar-refractivity contribution in [2.75, 3.05) is 26.0 Å². The van der Waals surface area contributed by atoms with Crippen LogP contribution in [0.5, 0.6) is 0 Å². The molecular formula is C15H28N2O4S. The Morgan fingerprint density at radius 3 is 2.50 bits per heavy atom. The predicted molar refractivity (Wildman–Crippen MR) is 85.0 cm³/mol. The van der Waals surface area contributed by atoms with Crippen molar-refractivity contribution in [3.8, 4) is 0 Å². The van der Waals surface area contributed by atoms with E-state index in [9.17, 15) is 13.2 Å². The Kier molecular flexibility index (Phi) is 6.65. The standard InChI is InChI=1S/C15H28N2O4S/c1-22(19,20)17(12-14-8-5-11-21-14)10-9-15(18)16-13-6-3-2-4-7-13/h13-14H,2-12H2,1H3,(H,16,18). The van der Waals surface area contributed by atoms with Gasteiger partial charge < -0.3 is 10.1 Å². The monoisotopic (exact) mass is 332 g/mol. The SMILES string of the molecule is CS(=O)(=O)N(CCC(=O)NC1CCCCC1)CC1CCCO1. The summed E-state index contributed by atoms with van der Waals surface area (Å²) in [6, 6.07) is 0.270. The smallest absolute Gasteiger partial charge is 0.221 e. The van der Waals surface area contributed by atoms with Gasteiger partial charge in [-0.15, -0.1) is 0 Å². The molecule has 1 atom stereocenters. The van der Waals surface area contributed by atoms with Crippen LogP contribution in [0.2, 0.25) is 0 Å². The Morgan fingerprint density at radius 1 is 1.18 bits per heavy atom. The summed E-state index contributed by atoms with van der Waals surface area (Å²) in [5, 5.41) is 3.03. The third-order valence-electron chi connectivity index (χ3n) is 4.46. The molecule has 0 aromatic carbocycles. The van der Waals surface area contributed by atoms with Crippen molar-refractivity contribution in [1.82, 2.24) is 9.62 Å². The molecule has 7 heteroatoms. The van der Waals surface area contributed by atoms with Gasteiger partial charge in [0.15, 0.2) is 0 Å². The van der Waals surface area contributed by atoms with Crippen LogP contribution in [0, 0.1) is 0 Å². The molecule has 1 saturated heterocycles. The zero-order chi connectivity index (χ0) is 16.0. The van der Waals surface area contributed by atoms with Gasteiger partial charge in [0, 0.05) is 32.2 Å². The number of carbonyl (C=O) groups excluding carboxylic acids is 1. The zero-order valence-electron chi connectivity index (χ0n) is 13.4. The van der Waals surface area contributed by atoms with Crippen LogP contribution in [0.3, 0.4) is 0 Å². The second-order valence-electron chi connectivity index (χ2n) is 6.41. The highest BCUT2D eigenvalue weighted by Gasteiger charge is 2.25. The van der Waals surface area contributed by atoms with Crippen LogP contribution in [0.1, 0.15) is 51.4 Å². The van der Waals surface area contributed by atoms with Crippen molar-refractivity contribution >= 4 is 15.9 Å². The number of nitrogens with zero attached hydrogens (tertiary/aromatic N) is 1. The van der Waals surface area contributed by atoms with E-state index in [1.807, 2.05) is 0 Å². The van der Waals surface area contributed by atoms with E-state index in [0.29, 0.717) is 13.2 Å². The molecule has 1 amide bonds. The Labute approximate surface area is 133 Å². The molecule has 1 unspecified atom stereocenters. The molecule has 22 heavy (non-hydrogen) atoms. The first-order valence-electron chi connectivity index (χ1n) is 8.31. The molecular weight excluding hydrogens is 304 g/mol. The molecule has 2 rings (SSSR count). The van der Waals surface area contributed by atoms with Crippen LogP contribution < -0.4 is 5.32 Å². The van der Waals surface area contributed by atoms with E-state index in [-0.39, 0.29) is 31.0 Å². The highest BCUT2D eigenvalue weighted by atomic mass is 32.2. The quantitative estimate of drug-likeness (QED) is 0.762. The van der Waals surface area contributed by atoms with Crippen LogP contribution in [0.4, 0.5) is 0 Å². The summed E-state index contributed by atoms with van der Waals surface area (Å²) in [7, 11) is -3.31. The highest BCUT2D eigenvalue weighted by Crippen LogP contribution is 2.18. The number of rotatable bonds is 7. The first-order chi connectivity index (χ1) is 10.4. The van der Waals surface area contributed by atoms with Gasteiger partial charge >= 0.3 is 0 Å². The predicted octanol–water partition coefficient (Wildman–Crippen LogP) is 1.27. The number of hydrogen-bond acceptors (Lipinski definition) is 4. The van der Waals surface area contributed by atoms with Crippen LogP contribution in [-0.2, 0) is 19.6 Å². The first-order valence-corrected chi connectivity index (χ1v) is 10.2. The molecule has 0 radical (unpaired) electrons. The summed E-state index contributed by atoms with van der Waals surface area (Å²) in [6.45, 7) is 1.29. The van der Waals surface area contributed by atoms with Crippen LogP contribution in [0.25, 0.3) is 0 Å². The molecule has 2 aliphatic rings. The molecule has 1 heterocycles. The number of sulfonamides is 1. The summed E-state index contributed by atoms with van der Waals surface area (Å²) in [5.74, 6) is -0.0482. The van der Waals surface area contributed by atoms with Gasteiger partial charge in [-0.3, -0.25) is 4.79 Å². The molecule has 0 spiro atoms. The zero-order valence-corrected chi connectivity index (χ0v) is 14.2. The lowest BCUT2D eigenvalue weighted by atomic mass is 9.95. The van der Waals surface area contributed by atoms with Gasteiger partial charge in [-0.25, -0.2) is 8.42 Å². The molecule has 0 bridgehead atoms. The van der Waals surface area contributed by atoms with Gasteiger partial charge in [0.2, 0.25) is 15.9 Å². The number of nitrogens with one attached hydrogen (secondary N) is 1. The van der Waals surface area contributed by atoms with E-state index >= 15 is 0 Å². The van der Waals surface area contributed by atoms with E-state index in [2.05, 4.69) is 5.32 Å². The molecule has 0 aromatic heterocycles. The summed E-state index contributed by atoms with van der Waals surface area (Å²) >= 11 is 0. The average molecular weight is 332 g/mol. The molecule has 1 aliphatic carbocycles. The molecule has 2 fully saturated rings. The van der Waals surface area contributed by atoms with E-state index in [1.54, 1.807) is 0 Å². The Hall–Kier alpha value is -0.660. The van der Waals surface area contributed by atoms with Crippen molar-refractivity contribution in [3.63, 3.8) is 0 Å². The fourth-order valence-electron chi connectivity index (χ4n) is 3.18. The maximum absolute atomic E-state index is 12.0. The first kappa shape index (κ1) is 17.7. The fraction of sp³-hybridized carbons (Fsp3) is 0.933. The third kappa shape index (κ3) is 5.85. The van der Waals surface area contributed by atoms with Crippen molar-refractivity contribution in [3.05, 3.63) is 0 Å². The lowest BCUT2D eigenvalue weighted by Gasteiger charge is -2.25. The van der Waals surface area contributed by atoms with Gasteiger partial charge in [0.05, 0.1) is 12.4 Å². The molecule has 6 nitrogen and oxygen atoms in total. The maximum Gasteiger partial charge on any atom is 0.221 e. The number of hydrogen-bond donors (Lipinski definition) is 1. The molecule has 1 aliphatic heterocycles. The average Bonchev–Trinajstić information content (AvgIpc) is 2.96. The van der Waals surface area contributed by atoms with Gasteiger partial charge in [0.25, 0.3) is 0 Å². The normalized spacial score (nSPS) is 23.8. The number of amides is 1. The Bertz CT molecular complexity index is 454. The van der Waals surface area contributed by atoms with Crippen molar-refractivity contribution < 1.29 is 17.9 Å². The fourth-order valence-corrected chi connectivity index (χ4v) is 4.04. The summed E-state index contributed by atoms with van der Waals surface area (Å²) in [6.07, 6.45) is 8.90. The number of carbonyl (C=O) groups is 1. The minimum absolute atomic E-state index is 0.0314. The second-order valence-corrected chi connectivity index (χ2v) is 8.39. The molecule has 0 aromatic rings. The third-order valence-corrected chi connectivity index (χ3v) is 5.73. The summed E-state index contributed by atoms with van der Waals surface area (Å²) in [4.78, 5) is 12.0. The van der Waals surface area contributed by atoms with Crippen LogP contribution >= 0.6 is 0 Å². The van der Waals surface area contributed by atoms with Gasteiger partial charge in [0.1, 0.15) is 0 Å². The van der Waals surface area contributed by atoms with Crippen molar-refractivity contribution in [1.29, 1.82) is 0 Å². The second kappa shape index (κ2) is 8.26. The molecule has 128 valence electrons. The van der Waals surface area contributed by atoms with E-state index in [1.165, 1.54) is 29.8 Å². The minimum Gasteiger partial charge on any atom is -0.377 e. The Balaban J connectivity index is 1.78. The minimum atomic E-state index is -3.31. The topological polar surface area (TPSA) is 75.7 Å². The maximum atomic E-state index is 12.0. The summed E-state index contributed by atoms with van der Waals surface area (Å²) in [5.41, 5.74) is 0. The summed E-state index contributed by atoms with van der Waals surface area (Å²) < 4.78 is 30.6. The van der Waals surface area contributed by atoms with Crippen LogP contribution in [-0.4, -0.2) is 56.7 Å². The molecule has 1 saturated carbocycles. The van der Waals surface area contributed by atoms with Crippen molar-refractivity contribution in [2.45, 2.75) is 63.5 Å². The highest BCUT2D eigenvalue weighted by molar-refractivity contribution is 7.88. The van der Waals surface area contributed by atoms with E-state index < -0.39 is 10.0 Å². The van der Waals surface area contributed by atoms with Gasteiger partial charge in [-0.2, -0.15) is 4.31 Å². The molecule has 1 N–H and O–H groups in total. The van der Waals surface area contributed by atoms with E-state index in [4.69, 9.17) is 4.74 Å². The number of ether oxygens (including phenoxy) is 1. The lowest BCUT2D eigenvalue weighted by molar-refractivity contribution is -0.122. The van der Waals surface area contributed by atoms with Gasteiger partial charge in [-0.05, 0) is 25.7 Å².